The molecule has 1 amide bonds. The van der Waals surface area contributed by atoms with Crippen LogP contribution in [0.3, 0.4) is 0 Å². The zero-order chi connectivity index (χ0) is 22.1. The number of nitrogens with zero attached hydrogens (tertiary/aromatic N) is 1. The van der Waals surface area contributed by atoms with Gasteiger partial charge in [-0.15, -0.1) is 0 Å². The molecule has 0 saturated heterocycles. The van der Waals surface area contributed by atoms with Crippen LogP contribution in [0.2, 0.25) is 0 Å². The topological polar surface area (TPSA) is 84.5 Å². The van der Waals surface area contributed by atoms with Crippen molar-refractivity contribution in [3.63, 3.8) is 0 Å². The van der Waals surface area contributed by atoms with Crippen LogP contribution in [-0.2, 0) is 17.9 Å². The maximum Gasteiger partial charge on any atom is 0.262 e. The molecule has 0 aliphatic carbocycles. The molecule has 0 aliphatic heterocycles. The molecule has 0 bridgehead atoms. The molecule has 1 heterocycles. The van der Waals surface area contributed by atoms with Crippen LogP contribution >= 0.6 is 0 Å². The maximum atomic E-state index is 13.8. The first-order chi connectivity index (χ1) is 15.1. The molecule has 0 fully saturated rings. The highest BCUT2D eigenvalue weighted by Crippen LogP contribution is 2.30. The smallest absolute Gasteiger partial charge is 0.262 e. The van der Waals surface area contributed by atoms with Gasteiger partial charge in [0, 0.05) is 5.56 Å². The molecular weight excluding hydrogens is 399 g/mol. The van der Waals surface area contributed by atoms with Gasteiger partial charge in [0.2, 0.25) is 0 Å². The number of nitrogens with one attached hydrogen (secondary N) is 1. The van der Waals surface area contributed by atoms with Crippen LogP contribution in [0.1, 0.15) is 23.8 Å². The Kier molecular flexibility index (Phi) is 7.44. The van der Waals surface area contributed by atoms with Crippen molar-refractivity contribution in [1.82, 2.24) is 5.32 Å². The fourth-order valence-corrected chi connectivity index (χ4v) is 2.76. The number of ether oxygens (including phenoxy) is 2. The lowest BCUT2D eigenvalue weighted by Gasteiger charge is -2.13. The first-order valence-electron chi connectivity index (χ1n) is 9.66. The molecule has 3 aromatic rings. The fourth-order valence-electron chi connectivity index (χ4n) is 2.76. The molecule has 0 spiro atoms. The van der Waals surface area contributed by atoms with Crippen molar-refractivity contribution >= 4 is 12.0 Å². The average molecular weight is 420 g/mol. The minimum absolute atomic E-state index is 0.0422. The quantitative estimate of drug-likeness (QED) is 0.403. The van der Waals surface area contributed by atoms with Crippen molar-refractivity contribution in [2.75, 3.05) is 6.61 Å². The lowest BCUT2D eigenvalue weighted by atomic mass is 10.1. The van der Waals surface area contributed by atoms with E-state index in [4.69, 9.17) is 13.9 Å². The van der Waals surface area contributed by atoms with Crippen molar-refractivity contribution in [2.45, 2.75) is 20.1 Å². The van der Waals surface area contributed by atoms with Crippen LogP contribution < -0.4 is 14.8 Å². The van der Waals surface area contributed by atoms with Gasteiger partial charge in [-0.1, -0.05) is 24.3 Å². The van der Waals surface area contributed by atoms with Crippen LogP contribution in [0.4, 0.5) is 4.39 Å². The molecule has 6 nitrogen and oxygen atoms in total. The first-order valence-corrected chi connectivity index (χ1v) is 9.66. The number of rotatable bonds is 9. The van der Waals surface area contributed by atoms with Gasteiger partial charge in [-0.25, -0.2) is 4.39 Å². The third-order valence-corrected chi connectivity index (χ3v) is 4.29. The zero-order valence-electron chi connectivity index (χ0n) is 16.9. The second-order valence-corrected chi connectivity index (χ2v) is 6.45. The van der Waals surface area contributed by atoms with E-state index in [2.05, 4.69) is 5.32 Å². The van der Waals surface area contributed by atoms with Crippen LogP contribution in [0.15, 0.2) is 70.9 Å². The minimum atomic E-state index is -0.517. The monoisotopic (exact) mass is 420 g/mol. The summed E-state index contributed by atoms with van der Waals surface area (Å²) >= 11 is 0. The summed E-state index contributed by atoms with van der Waals surface area (Å²) in [5.41, 5.74) is 0.953. The van der Waals surface area contributed by atoms with E-state index in [1.165, 1.54) is 18.4 Å². The number of carbonyl (C=O) groups is 1. The molecule has 0 radical (unpaired) electrons. The highest BCUT2D eigenvalue weighted by atomic mass is 19.1. The highest BCUT2D eigenvalue weighted by Gasteiger charge is 2.12. The lowest BCUT2D eigenvalue weighted by molar-refractivity contribution is -0.117. The number of benzene rings is 2. The Morgan fingerprint density at radius 2 is 2.00 bits per heavy atom. The second-order valence-electron chi connectivity index (χ2n) is 6.45. The Morgan fingerprint density at radius 3 is 2.71 bits per heavy atom. The van der Waals surface area contributed by atoms with Crippen molar-refractivity contribution in [3.8, 4) is 17.6 Å². The molecule has 0 unspecified atom stereocenters. The molecule has 31 heavy (non-hydrogen) atoms. The Morgan fingerprint density at radius 1 is 1.16 bits per heavy atom. The third kappa shape index (κ3) is 5.97. The molecule has 1 aromatic heterocycles. The number of nitriles is 1. The molecular formula is C24H21FN2O4. The van der Waals surface area contributed by atoms with Crippen LogP contribution in [0.5, 0.6) is 11.5 Å². The van der Waals surface area contributed by atoms with Gasteiger partial charge in [0.1, 0.15) is 29.8 Å². The number of halogens is 1. The number of furan rings is 1. The normalized spacial score (nSPS) is 10.9. The molecule has 0 aliphatic rings. The van der Waals surface area contributed by atoms with E-state index >= 15 is 0 Å². The molecule has 0 atom stereocenters. The van der Waals surface area contributed by atoms with Gasteiger partial charge in [-0.05, 0) is 48.9 Å². The molecule has 1 N–H and O–H groups in total. The SMILES string of the molecule is CCOc1cc(/C=C(/C#N)C(=O)NCc2ccco2)ccc1OCc1ccccc1F. The van der Waals surface area contributed by atoms with E-state index in [1.54, 1.807) is 48.5 Å². The lowest BCUT2D eigenvalue weighted by Crippen LogP contribution is -2.23. The zero-order valence-corrected chi connectivity index (χ0v) is 16.9. The highest BCUT2D eigenvalue weighted by molar-refractivity contribution is 6.01. The fraction of sp³-hybridized carbons (Fsp3) is 0.167. The molecule has 0 saturated carbocycles. The Hall–Kier alpha value is -4.05. The standard InChI is InChI=1S/C24H21FN2O4/c1-2-29-23-13-17(9-10-22(23)31-16-18-6-3-4-8-21(18)25)12-19(14-26)24(28)27-15-20-7-5-11-30-20/h3-13H,2,15-16H2,1H3,(H,27,28)/b19-12-. The van der Waals surface area contributed by atoms with Crippen molar-refractivity contribution in [1.29, 1.82) is 5.26 Å². The number of amides is 1. The number of carbonyl (C=O) groups excluding carboxylic acids is 1. The van der Waals surface area contributed by atoms with Crippen LogP contribution in [0, 0.1) is 17.1 Å². The summed E-state index contributed by atoms with van der Waals surface area (Å²) in [6.45, 7) is 2.43. The summed E-state index contributed by atoms with van der Waals surface area (Å²) in [4.78, 5) is 12.3. The molecule has 158 valence electrons. The summed E-state index contributed by atoms with van der Waals surface area (Å²) in [6.07, 6.45) is 2.97. The van der Waals surface area contributed by atoms with E-state index in [-0.39, 0.29) is 24.5 Å². The molecule has 2 aromatic carbocycles. The van der Waals surface area contributed by atoms with Gasteiger partial charge in [0.25, 0.3) is 5.91 Å². The second kappa shape index (κ2) is 10.6. The van der Waals surface area contributed by atoms with Crippen molar-refractivity contribution in [2.24, 2.45) is 0 Å². The Balaban J connectivity index is 1.74. The predicted octanol–water partition coefficient (Wildman–Crippen LogP) is 4.62. The van der Waals surface area contributed by atoms with E-state index in [0.29, 0.717) is 35.0 Å². The number of hydrogen-bond acceptors (Lipinski definition) is 5. The van der Waals surface area contributed by atoms with E-state index in [1.807, 2.05) is 13.0 Å². The third-order valence-electron chi connectivity index (χ3n) is 4.29. The largest absolute Gasteiger partial charge is 0.490 e. The van der Waals surface area contributed by atoms with Crippen LogP contribution in [-0.4, -0.2) is 12.5 Å². The van der Waals surface area contributed by atoms with Gasteiger partial charge in [-0.2, -0.15) is 5.26 Å². The Bertz CT molecular complexity index is 1100. The van der Waals surface area contributed by atoms with Crippen LogP contribution in [0.25, 0.3) is 6.08 Å². The molecule has 7 heteroatoms. The van der Waals surface area contributed by atoms with E-state index in [0.717, 1.165) is 0 Å². The Labute approximate surface area is 179 Å². The summed E-state index contributed by atoms with van der Waals surface area (Å²) in [7, 11) is 0. The van der Waals surface area contributed by atoms with Gasteiger partial charge in [-0.3, -0.25) is 4.79 Å². The van der Waals surface area contributed by atoms with E-state index < -0.39 is 5.91 Å². The summed E-state index contributed by atoms with van der Waals surface area (Å²) in [5, 5.41) is 12.0. The summed E-state index contributed by atoms with van der Waals surface area (Å²) < 4.78 is 30.3. The predicted molar refractivity (Wildman–Crippen MR) is 112 cm³/mol. The minimum Gasteiger partial charge on any atom is -0.490 e. The van der Waals surface area contributed by atoms with Crippen molar-refractivity contribution in [3.05, 3.63) is 89.1 Å². The van der Waals surface area contributed by atoms with Gasteiger partial charge >= 0.3 is 0 Å². The van der Waals surface area contributed by atoms with Crippen molar-refractivity contribution < 1.29 is 23.1 Å². The maximum absolute atomic E-state index is 13.8. The van der Waals surface area contributed by atoms with Gasteiger partial charge in [0.15, 0.2) is 11.5 Å². The summed E-state index contributed by atoms with van der Waals surface area (Å²) in [5.74, 6) is 0.584. The number of hydrogen-bond donors (Lipinski definition) is 1. The van der Waals surface area contributed by atoms with Gasteiger partial charge in [0.05, 0.1) is 19.4 Å². The summed E-state index contributed by atoms with van der Waals surface area (Å²) in [6, 6.07) is 16.7. The van der Waals surface area contributed by atoms with Gasteiger partial charge < -0.3 is 19.2 Å². The average Bonchev–Trinajstić information content (AvgIpc) is 3.30. The van der Waals surface area contributed by atoms with E-state index in [9.17, 15) is 14.4 Å². The molecule has 3 rings (SSSR count). The first kappa shape index (κ1) is 21.7.